The van der Waals surface area contributed by atoms with Crippen LogP contribution < -0.4 is 5.32 Å². The summed E-state index contributed by atoms with van der Waals surface area (Å²) >= 11 is 1.49. The monoisotopic (exact) mass is 387 g/mol. The number of amides is 1. The third-order valence-corrected chi connectivity index (χ3v) is 4.63. The van der Waals surface area contributed by atoms with Crippen molar-refractivity contribution in [3.63, 3.8) is 0 Å². The smallest absolute Gasteiger partial charge is 0.333 e. The number of thiophene rings is 1. The number of rotatable bonds is 7. The molecule has 3 rings (SSSR count). The summed E-state index contributed by atoms with van der Waals surface area (Å²) in [6.07, 6.45) is 0.256. The Labute approximate surface area is 158 Å². The number of methoxy groups -OCH3 is 1. The van der Waals surface area contributed by atoms with E-state index in [0.717, 1.165) is 4.88 Å². The summed E-state index contributed by atoms with van der Waals surface area (Å²) < 4.78 is 9.88. The van der Waals surface area contributed by atoms with Gasteiger partial charge in [-0.25, -0.2) is 4.79 Å². The molecule has 27 heavy (non-hydrogen) atoms. The number of phenolic OH excluding ortho intramolecular Hbond substituents is 1. The lowest BCUT2D eigenvalue weighted by atomic mass is 10.1. The molecule has 0 aliphatic heterocycles. The van der Waals surface area contributed by atoms with Crippen LogP contribution in [0.25, 0.3) is 10.7 Å². The highest BCUT2D eigenvalue weighted by molar-refractivity contribution is 7.13. The van der Waals surface area contributed by atoms with E-state index in [1.54, 1.807) is 18.2 Å². The molecule has 1 amide bonds. The number of nitrogens with one attached hydrogen (secondary N) is 1. The molecule has 0 aliphatic carbocycles. The number of carbonyl (C=O) groups is 2. The van der Waals surface area contributed by atoms with E-state index in [0.29, 0.717) is 11.7 Å². The quantitative estimate of drug-likeness (QED) is 0.599. The summed E-state index contributed by atoms with van der Waals surface area (Å²) in [5.74, 6) is -0.398. The predicted octanol–water partition coefficient (Wildman–Crippen LogP) is 2.47. The molecule has 2 heterocycles. The van der Waals surface area contributed by atoms with Crippen molar-refractivity contribution < 1.29 is 24.0 Å². The minimum absolute atomic E-state index is 0.0349. The molecule has 1 unspecified atom stereocenters. The number of hydrogen-bond donors (Lipinski definition) is 2. The average molecular weight is 387 g/mol. The number of aromatic hydroxyl groups is 1. The normalized spacial score (nSPS) is 11.7. The van der Waals surface area contributed by atoms with Crippen LogP contribution in [-0.2, 0) is 20.7 Å². The molecule has 2 N–H and O–H groups in total. The Balaban J connectivity index is 1.63. The van der Waals surface area contributed by atoms with Gasteiger partial charge in [-0.2, -0.15) is 4.98 Å². The van der Waals surface area contributed by atoms with E-state index in [-0.39, 0.29) is 24.2 Å². The number of aryl methyl sites for hydroxylation is 1. The maximum Gasteiger partial charge on any atom is 0.333 e. The van der Waals surface area contributed by atoms with Gasteiger partial charge in [-0.1, -0.05) is 29.4 Å². The van der Waals surface area contributed by atoms with Crippen LogP contribution in [0, 0.1) is 0 Å². The van der Waals surface area contributed by atoms with Crippen LogP contribution in [0.15, 0.2) is 46.3 Å². The summed E-state index contributed by atoms with van der Waals surface area (Å²) in [6.45, 7) is 0. The standard InChI is InChI=1S/C18H17N3O5S/c1-25-18(24)16(11-5-2-3-6-12(11)22)19-14(23)8-9-15-20-17(21-26-15)13-7-4-10-27-13/h2-7,10,16,22H,8-9H2,1H3,(H,19,23). The van der Waals surface area contributed by atoms with Crippen LogP contribution in [0.3, 0.4) is 0 Å². The molecule has 0 saturated carbocycles. The Morgan fingerprint density at radius 1 is 1.30 bits per heavy atom. The Kier molecular flexibility index (Phi) is 5.82. The number of para-hydroxylation sites is 1. The average Bonchev–Trinajstić information content (AvgIpc) is 3.36. The van der Waals surface area contributed by atoms with Gasteiger partial charge in [0.05, 0.1) is 12.0 Å². The first-order chi connectivity index (χ1) is 13.1. The van der Waals surface area contributed by atoms with E-state index in [1.807, 2.05) is 17.5 Å². The number of ether oxygens (including phenoxy) is 1. The van der Waals surface area contributed by atoms with E-state index in [9.17, 15) is 14.7 Å². The van der Waals surface area contributed by atoms with Crippen molar-refractivity contribution in [1.82, 2.24) is 15.5 Å². The van der Waals surface area contributed by atoms with Crippen molar-refractivity contribution in [3.05, 3.63) is 53.2 Å². The third-order valence-electron chi connectivity index (χ3n) is 3.77. The highest BCUT2D eigenvalue weighted by Gasteiger charge is 2.26. The number of hydrogen-bond acceptors (Lipinski definition) is 8. The largest absolute Gasteiger partial charge is 0.508 e. The third kappa shape index (κ3) is 4.50. The molecule has 8 nitrogen and oxygen atoms in total. The number of esters is 1. The fraction of sp³-hybridized carbons (Fsp3) is 0.222. The van der Waals surface area contributed by atoms with E-state index in [4.69, 9.17) is 9.26 Å². The number of nitrogens with zero attached hydrogens (tertiary/aromatic N) is 2. The van der Waals surface area contributed by atoms with Gasteiger partial charge in [-0.15, -0.1) is 11.3 Å². The second-order valence-electron chi connectivity index (χ2n) is 5.57. The maximum absolute atomic E-state index is 12.3. The second kappa shape index (κ2) is 8.45. The van der Waals surface area contributed by atoms with Gasteiger partial charge in [0.25, 0.3) is 0 Å². The second-order valence-corrected chi connectivity index (χ2v) is 6.52. The van der Waals surface area contributed by atoms with E-state index in [1.165, 1.54) is 24.5 Å². The zero-order chi connectivity index (χ0) is 19.2. The topological polar surface area (TPSA) is 115 Å². The number of phenols is 1. The Morgan fingerprint density at radius 3 is 2.81 bits per heavy atom. The van der Waals surface area contributed by atoms with E-state index >= 15 is 0 Å². The summed E-state index contributed by atoms with van der Waals surface area (Å²) in [7, 11) is 1.21. The molecule has 0 aliphatic rings. The number of carbonyl (C=O) groups excluding carboxylic acids is 2. The van der Waals surface area contributed by atoms with Crippen molar-refractivity contribution in [3.8, 4) is 16.5 Å². The molecule has 1 atom stereocenters. The van der Waals surface area contributed by atoms with Crippen LogP contribution in [0.1, 0.15) is 23.9 Å². The van der Waals surface area contributed by atoms with Gasteiger partial charge < -0.3 is 19.7 Å². The van der Waals surface area contributed by atoms with E-state index in [2.05, 4.69) is 15.5 Å². The van der Waals surface area contributed by atoms with Gasteiger partial charge in [0, 0.05) is 18.4 Å². The lowest BCUT2D eigenvalue weighted by Crippen LogP contribution is -2.34. The summed E-state index contributed by atoms with van der Waals surface area (Å²) in [5, 5.41) is 18.3. The Bertz CT molecular complexity index is 923. The molecule has 0 spiro atoms. The molecule has 0 radical (unpaired) electrons. The van der Waals surface area contributed by atoms with Crippen molar-refractivity contribution in [2.24, 2.45) is 0 Å². The minimum Gasteiger partial charge on any atom is -0.508 e. The molecule has 140 valence electrons. The molecular formula is C18H17N3O5S. The van der Waals surface area contributed by atoms with Crippen LogP contribution in [-0.4, -0.2) is 34.2 Å². The van der Waals surface area contributed by atoms with Crippen molar-refractivity contribution in [2.75, 3.05) is 7.11 Å². The van der Waals surface area contributed by atoms with Crippen molar-refractivity contribution in [2.45, 2.75) is 18.9 Å². The first-order valence-electron chi connectivity index (χ1n) is 8.10. The van der Waals surface area contributed by atoms with Gasteiger partial charge in [0.2, 0.25) is 17.6 Å². The van der Waals surface area contributed by atoms with Gasteiger partial charge in [0.15, 0.2) is 6.04 Å². The zero-order valence-corrected chi connectivity index (χ0v) is 15.2. The van der Waals surface area contributed by atoms with Gasteiger partial charge in [0.1, 0.15) is 5.75 Å². The van der Waals surface area contributed by atoms with Crippen LogP contribution >= 0.6 is 11.3 Å². The van der Waals surface area contributed by atoms with Gasteiger partial charge in [-0.05, 0) is 17.5 Å². The SMILES string of the molecule is COC(=O)C(NC(=O)CCc1nc(-c2cccs2)no1)c1ccccc1O. The molecule has 1 aromatic carbocycles. The first kappa shape index (κ1) is 18.6. The molecule has 0 saturated heterocycles. The highest BCUT2D eigenvalue weighted by Crippen LogP contribution is 2.25. The minimum atomic E-state index is -1.10. The zero-order valence-electron chi connectivity index (χ0n) is 14.4. The van der Waals surface area contributed by atoms with Crippen molar-refractivity contribution >= 4 is 23.2 Å². The summed E-state index contributed by atoms with van der Waals surface area (Å²) in [5.41, 5.74) is 0.260. The fourth-order valence-corrected chi connectivity index (χ4v) is 3.08. The predicted molar refractivity (Wildman–Crippen MR) is 96.9 cm³/mol. The van der Waals surface area contributed by atoms with Crippen LogP contribution in [0.2, 0.25) is 0 Å². The van der Waals surface area contributed by atoms with Crippen molar-refractivity contribution in [1.29, 1.82) is 0 Å². The lowest BCUT2D eigenvalue weighted by molar-refractivity contribution is -0.145. The summed E-state index contributed by atoms with van der Waals surface area (Å²) in [6, 6.07) is 8.91. The fourth-order valence-electron chi connectivity index (χ4n) is 2.43. The Morgan fingerprint density at radius 2 is 2.11 bits per heavy atom. The Hall–Kier alpha value is -3.20. The first-order valence-corrected chi connectivity index (χ1v) is 8.98. The lowest BCUT2D eigenvalue weighted by Gasteiger charge is -2.17. The molecule has 3 aromatic rings. The number of aromatic nitrogens is 2. The van der Waals surface area contributed by atoms with Crippen LogP contribution in [0.5, 0.6) is 5.75 Å². The molecular weight excluding hydrogens is 370 g/mol. The molecule has 9 heteroatoms. The van der Waals surface area contributed by atoms with E-state index < -0.39 is 17.9 Å². The maximum atomic E-state index is 12.3. The molecule has 0 bridgehead atoms. The van der Waals surface area contributed by atoms with Crippen LogP contribution in [0.4, 0.5) is 0 Å². The number of benzene rings is 1. The molecule has 2 aromatic heterocycles. The van der Waals surface area contributed by atoms with Gasteiger partial charge >= 0.3 is 5.97 Å². The molecule has 0 fully saturated rings. The highest BCUT2D eigenvalue weighted by atomic mass is 32.1. The van der Waals surface area contributed by atoms with Gasteiger partial charge in [-0.3, -0.25) is 4.79 Å². The summed E-state index contributed by atoms with van der Waals surface area (Å²) in [4.78, 5) is 29.4.